The van der Waals surface area contributed by atoms with Crippen LogP contribution in [0.25, 0.3) is 5.52 Å². The van der Waals surface area contributed by atoms with Gasteiger partial charge in [-0.1, -0.05) is 0 Å². The minimum atomic E-state index is -4.53. The quantitative estimate of drug-likeness (QED) is 0.656. The van der Waals surface area contributed by atoms with Crippen molar-refractivity contribution in [2.75, 3.05) is 11.9 Å². The second kappa shape index (κ2) is 7.84. The fourth-order valence-electron chi connectivity index (χ4n) is 3.43. The Hall–Kier alpha value is -2.73. The topological polar surface area (TPSA) is 84.7 Å². The van der Waals surface area contributed by atoms with E-state index in [-0.39, 0.29) is 29.4 Å². The van der Waals surface area contributed by atoms with Crippen LogP contribution < -0.4 is 10.1 Å². The molecular weight excluding hydrogens is 421 g/mol. The predicted octanol–water partition coefficient (Wildman–Crippen LogP) is 3.20. The fourth-order valence-corrected chi connectivity index (χ4v) is 4.31. The molecule has 1 aliphatic rings. The average Bonchev–Trinajstić information content (AvgIpc) is 3.34. The number of nitrogens with zero attached hydrogens (tertiary/aromatic N) is 5. The number of fused-ring (bicyclic) bond motifs is 1. The third kappa shape index (κ3) is 4.38. The number of carbonyl (C=O) groups is 1. The molecule has 30 heavy (non-hydrogen) atoms. The molecule has 8 nitrogen and oxygen atoms in total. The third-order valence-corrected chi connectivity index (χ3v) is 5.68. The Kier molecular flexibility index (Phi) is 5.36. The Bertz CT molecular complexity index is 1070. The Labute approximate surface area is 173 Å². The van der Waals surface area contributed by atoms with Crippen molar-refractivity contribution in [3.8, 4) is 5.88 Å². The SMILES string of the molecule is CC(=O)Nc1ncc(CN2C[C@H](Oc3nccn4nc(C(F)(F)F)cc34)C[C@@H]2C)s1. The van der Waals surface area contributed by atoms with Crippen molar-refractivity contribution in [1.29, 1.82) is 0 Å². The molecule has 3 aromatic rings. The van der Waals surface area contributed by atoms with Gasteiger partial charge in [-0.2, -0.15) is 18.3 Å². The summed E-state index contributed by atoms with van der Waals surface area (Å²) >= 11 is 1.41. The number of aromatic nitrogens is 4. The summed E-state index contributed by atoms with van der Waals surface area (Å²) in [6.45, 7) is 4.73. The van der Waals surface area contributed by atoms with Crippen LogP contribution in [0, 0.1) is 0 Å². The van der Waals surface area contributed by atoms with Gasteiger partial charge >= 0.3 is 6.18 Å². The summed E-state index contributed by atoms with van der Waals surface area (Å²) in [7, 11) is 0. The molecule has 1 saturated heterocycles. The van der Waals surface area contributed by atoms with E-state index in [1.165, 1.54) is 30.7 Å². The number of hydrogen-bond acceptors (Lipinski definition) is 7. The van der Waals surface area contributed by atoms with Crippen LogP contribution in [0.2, 0.25) is 0 Å². The van der Waals surface area contributed by atoms with Crippen LogP contribution in [0.3, 0.4) is 0 Å². The van der Waals surface area contributed by atoms with Crippen molar-refractivity contribution >= 4 is 27.9 Å². The van der Waals surface area contributed by atoms with E-state index in [0.29, 0.717) is 24.6 Å². The highest BCUT2D eigenvalue weighted by atomic mass is 32.1. The average molecular weight is 440 g/mol. The highest BCUT2D eigenvalue weighted by Crippen LogP contribution is 2.32. The number of likely N-dealkylation sites (tertiary alicyclic amines) is 1. The smallest absolute Gasteiger partial charge is 0.435 e. The van der Waals surface area contributed by atoms with Crippen molar-refractivity contribution in [3.05, 3.63) is 35.2 Å². The largest absolute Gasteiger partial charge is 0.471 e. The molecule has 0 radical (unpaired) electrons. The maximum absolute atomic E-state index is 13.0. The summed E-state index contributed by atoms with van der Waals surface area (Å²) in [6.07, 6.45) is 0.409. The number of ether oxygens (including phenoxy) is 1. The van der Waals surface area contributed by atoms with Gasteiger partial charge in [0.05, 0.1) is 0 Å². The van der Waals surface area contributed by atoms with E-state index >= 15 is 0 Å². The van der Waals surface area contributed by atoms with Crippen molar-refractivity contribution in [2.45, 2.75) is 45.1 Å². The van der Waals surface area contributed by atoms with Crippen LogP contribution >= 0.6 is 11.3 Å². The lowest BCUT2D eigenvalue weighted by Crippen LogP contribution is -2.27. The number of anilines is 1. The molecule has 1 N–H and O–H groups in total. The lowest BCUT2D eigenvalue weighted by Gasteiger charge is -2.19. The maximum Gasteiger partial charge on any atom is 0.435 e. The van der Waals surface area contributed by atoms with Crippen molar-refractivity contribution in [2.24, 2.45) is 0 Å². The number of amides is 1. The Morgan fingerprint density at radius 1 is 1.40 bits per heavy atom. The molecule has 2 atom stereocenters. The molecule has 0 spiro atoms. The van der Waals surface area contributed by atoms with E-state index in [1.807, 2.05) is 0 Å². The molecule has 1 fully saturated rings. The Balaban J connectivity index is 1.44. The van der Waals surface area contributed by atoms with Gasteiger partial charge in [-0.25, -0.2) is 14.5 Å². The summed E-state index contributed by atoms with van der Waals surface area (Å²) in [5.74, 6) is -0.0422. The number of halogens is 3. The van der Waals surface area contributed by atoms with Gasteiger partial charge in [0.1, 0.15) is 11.6 Å². The number of nitrogens with one attached hydrogen (secondary N) is 1. The zero-order valence-electron chi connectivity index (χ0n) is 16.2. The summed E-state index contributed by atoms with van der Waals surface area (Å²) in [5, 5.41) is 6.76. The molecule has 0 aliphatic carbocycles. The highest BCUT2D eigenvalue weighted by molar-refractivity contribution is 7.15. The maximum atomic E-state index is 13.0. The number of hydrogen-bond donors (Lipinski definition) is 1. The standard InChI is InChI=1S/C18H19F3N6O2S/c1-10-5-12(8-26(10)9-13-7-23-17(30-13)24-11(2)28)29-16-14-6-15(18(19,20)21)25-27(14)4-3-22-16/h3-4,6-7,10,12H,5,8-9H2,1-2H3,(H,23,24,28)/t10-,12+/m0/s1. The van der Waals surface area contributed by atoms with Crippen LogP contribution in [0.1, 0.15) is 30.8 Å². The molecular formula is C18H19F3N6O2S. The van der Waals surface area contributed by atoms with Crippen LogP contribution in [0.4, 0.5) is 18.3 Å². The highest BCUT2D eigenvalue weighted by Gasteiger charge is 2.35. The van der Waals surface area contributed by atoms with Crippen LogP contribution in [0.5, 0.6) is 5.88 Å². The van der Waals surface area contributed by atoms with Gasteiger partial charge in [-0.15, -0.1) is 11.3 Å². The van der Waals surface area contributed by atoms with E-state index in [4.69, 9.17) is 4.74 Å². The molecule has 0 bridgehead atoms. The number of rotatable bonds is 5. The number of alkyl halides is 3. The molecule has 12 heteroatoms. The molecule has 3 aromatic heterocycles. The molecule has 1 aliphatic heterocycles. The zero-order valence-corrected chi connectivity index (χ0v) is 17.0. The first kappa shape index (κ1) is 20.5. The summed E-state index contributed by atoms with van der Waals surface area (Å²) in [6, 6.07) is 1.15. The van der Waals surface area contributed by atoms with Crippen molar-refractivity contribution in [3.63, 3.8) is 0 Å². The minimum absolute atomic E-state index is 0.130. The van der Waals surface area contributed by atoms with Crippen LogP contribution in [0.15, 0.2) is 24.7 Å². The number of thiazole rings is 1. The third-order valence-electron chi connectivity index (χ3n) is 4.78. The van der Waals surface area contributed by atoms with Gasteiger partial charge in [0.25, 0.3) is 0 Å². The van der Waals surface area contributed by atoms with E-state index in [0.717, 1.165) is 15.5 Å². The van der Waals surface area contributed by atoms with Crippen LogP contribution in [-0.2, 0) is 17.5 Å². The van der Waals surface area contributed by atoms with Gasteiger partial charge in [-0.05, 0) is 6.92 Å². The lowest BCUT2D eigenvalue weighted by atomic mass is 10.2. The van der Waals surface area contributed by atoms with E-state index in [1.54, 1.807) is 6.20 Å². The minimum Gasteiger partial charge on any atom is -0.471 e. The second-order valence-corrected chi connectivity index (χ2v) is 8.27. The van der Waals surface area contributed by atoms with Gasteiger partial charge in [0.2, 0.25) is 11.8 Å². The summed E-state index contributed by atoms with van der Waals surface area (Å²) in [5.41, 5.74) is -0.805. The fraction of sp³-hybridized carbons (Fsp3) is 0.444. The molecule has 0 unspecified atom stereocenters. The Morgan fingerprint density at radius 2 is 2.20 bits per heavy atom. The molecule has 160 valence electrons. The lowest BCUT2D eigenvalue weighted by molar-refractivity contribution is -0.141. The van der Waals surface area contributed by atoms with Crippen LogP contribution in [-0.4, -0.2) is 49.1 Å². The number of carbonyl (C=O) groups excluding carboxylic acids is 1. The van der Waals surface area contributed by atoms with Gasteiger partial charge in [0.15, 0.2) is 10.8 Å². The first-order valence-electron chi connectivity index (χ1n) is 9.23. The van der Waals surface area contributed by atoms with Gasteiger partial charge < -0.3 is 10.1 Å². The van der Waals surface area contributed by atoms with Gasteiger partial charge in [-0.3, -0.25) is 9.69 Å². The summed E-state index contributed by atoms with van der Waals surface area (Å²) < 4.78 is 46.0. The molecule has 4 rings (SSSR count). The van der Waals surface area contributed by atoms with E-state index in [2.05, 4.69) is 32.2 Å². The predicted molar refractivity (Wildman–Crippen MR) is 103 cm³/mol. The van der Waals surface area contributed by atoms with Crippen molar-refractivity contribution in [1.82, 2.24) is 24.5 Å². The normalized spacial score (nSPS) is 20.0. The Morgan fingerprint density at radius 3 is 2.93 bits per heavy atom. The van der Waals surface area contributed by atoms with E-state index < -0.39 is 11.9 Å². The molecule has 4 heterocycles. The summed E-state index contributed by atoms with van der Waals surface area (Å²) in [4.78, 5) is 22.6. The molecule has 0 aromatic carbocycles. The van der Waals surface area contributed by atoms with E-state index in [9.17, 15) is 18.0 Å². The zero-order chi connectivity index (χ0) is 21.5. The second-order valence-electron chi connectivity index (χ2n) is 7.16. The monoisotopic (exact) mass is 440 g/mol. The molecule has 0 saturated carbocycles. The molecule has 1 amide bonds. The first-order chi connectivity index (χ1) is 14.2. The first-order valence-corrected chi connectivity index (χ1v) is 10.1. The van der Waals surface area contributed by atoms with Gasteiger partial charge in [0, 0.05) is 62.0 Å². The van der Waals surface area contributed by atoms with Crippen molar-refractivity contribution < 1.29 is 22.7 Å².